The minimum absolute atomic E-state index is 0.0345. The Bertz CT molecular complexity index is 550. The van der Waals surface area contributed by atoms with Gasteiger partial charge in [-0.2, -0.15) is 4.31 Å². The van der Waals surface area contributed by atoms with Gasteiger partial charge in [0.15, 0.2) is 5.13 Å². The van der Waals surface area contributed by atoms with Crippen LogP contribution in [0.3, 0.4) is 0 Å². The maximum atomic E-state index is 12.1. The largest absolute Gasteiger partial charge is 0.292 e. The van der Waals surface area contributed by atoms with Crippen LogP contribution in [-0.2, 0) is 14.8 Å². The normalized spacial score (nSPS) is 18.1. The average molecular weight is 318 g/mol. The van der Waals surface area contributed by atoms with E-state index in [9.17, 15) is 13.2 Å². The van der Waals surface area contributed by atoms with Crippen LogP contribution in [0.1, 0.15) is 0 Å². The lowest BCUT2D eigenvalue weighted by Gasteiger charge is -2.33. The molecule has 112 valence electrons. The van der Waals surface area contributed by atoms with Crippen LogP contribution >= 0.6 is 11.3 Å². The molecule has 0 atom stereocenters. The summed E-state index contributed by atoms with van der Waals surface area (Å²) in [7, 11) is -1.42. The second kappa shape index (κ2) is 6.17. The summed E-state index contributed by atoms with van der Waals surface area (Å²) in [4.78, 5) is 19.7. The SMILES string of the molecule is CN(C(=O)CN1CCN(S(C)(=O)=O)CC1)c1nccs1. The van der Waals surface area contributed by atoms with E-state index in [0.717, 1.165) is 0 Å². The first-order valence-corrected chi connectivity index (χ1v) is 8.94. The first kappa shape index (κ1) is 15.4. The number of carbonyl (C=O) groups excluding carboxylic acids is 1. The van der Waals surface area contributed by atoms with E-state index in [1.165, 1.54) is 26.8 Å². The van der Waals surface area contributed by atoms with E-state index >= 15 is 0 Å². The number of sulfonamides is 1. The summed E-state index contributed by atoms with van der Waals surface area (Å²) in [6.45, 7) is 2.31. The van der Waals surface area contributed by atoms with Crippen LogP contribution in [0.2, 0.25) is 0 Å². The number of nitrogens with zero attached hydrogens (tertiary/aromatic N) is 4. The van der Waals surface area contributed by atoms with E-state index in [2.05, 4.69) is 4.98 Å². The minimum Gasteiger partial charge on any atom is -0.292 e. The highest BCUT2D eigenvalue weighted by atomic mass is 32.2. The van der Waals surface area contributed by atoms with Gasteiger partial charge in [0.05, 0.1) is 12.8 Å². The Morgan fingerprint density at radius 2 is 2.05 bits per heavy atom. The van der Waals surface area contributed by atoms with Gasteiger partial charge in [0.1, 0.15) is 0 Å². The van der Waals surface area contributed by atoms with Gasteiger partial charge in [-0.15, -0.1) is 11.3 Å². The molecule has 0 unspecified atom stereocenters. The van der Waals surface area contributed by atoms with Gasteiger partial charge in [-0.25, -0.2) is 13.4 Å². The third kappa shape index (κ3) is 3.75. The molecule has 0 aromatic carbocycles. The lowest BCUT2D eigenvalue weighted by Crippen LogP contribution is -2.51. The molecule has 1 fully saturated rings. The Morgan fingerprint density at radius 3 is 2.55 bits per heavy atom. The molecule has 2 heterocycles. The third-order valence-corrected chi connectivity index (χ3v) is 5.39. The van der Waals surface area contributed by atoms with E-state index in [-0.39, 0.29) is 12.5 Å². The third-order valence-electron chi connectivity index (χ3n) is 3.24. The molecule has 0 N–H and O–H groups in total. The molecule has 1 amide bonds. The number of likely N-dealkylation sites (N-methyl/N-ethyl adjacent to an activating group) is 1. The van der Waals surface area contributed by atoms with E-state index in [4.69, 9.17) is 0 Å². The highest BCUT2D eigenvalue weighted by Crippen LogP contribution is 2.16. The molecule has 0 aliphatic carbocycles. The number of anilines is 1. The van der Waals surface area contributed by atoms with Crippen molar-refractivity contribution in [3.63, 3.8) is 0 Å². The van der Waals surface area contributed by atoms with Gasteiger partial charge < -0.3 is 0 Å². The Balaban J connectivity index is 1.85. The minimum atomic E-state index is -3.13. The van der Waals surface area contributed by atoms with E-state index in [1.807, 2.05) is 10.3 Å². The average Bonchev–Trinajstić information content (AvgIpc) is 2.91. The first-order valence-electron chi connectivity index (χ1n) is 6.21. The molecule has 9 heteroatoms. The van der Waals surface area contributed by atoms with Crippen molar-refractivity contribution in [2.24, 2.45) is 0 Å². The maximum Gasteiger partial charge on any atom is 0.242 e. The summed E-state index contributed by atoms with van der Waals surface area (Å²) in [6, 6.07) is 0. The summed E-state index contributed by atoms with van der Waals surface area (Å²) in [5, 5.41) is 2.49. The number of amides is 1. The number of rotatable bonds is 4. The van der Waals surface area contributed by atoms with Crippen molar-refractivity contribution in [1.82, 2.24) is 14.2 Å². The van der Waals surface area contributed by atoms with Crippen LogP contribution in [0.4, 0.5) is 5.13 Å². The topological polar surface area (TPSA) is 73.8 Å². The lowest BCUT2D eigenvalue weighted by atomic mass is 10.3. The fraction of sp³-hybridized carbons (Fsp3) is 0.636. The van der Waals surface area contributed by atoms with Crippen molar-refractivity contribution in [2.45, 2.75) is 0 Å². The standard InChI is InChI=1S/C11H18N4O3S2/c1-13(11-12-3-8-19-11)10(16)9-14-4-6-15(7-5-14)20(2,17)18/h3,8H,4-7,9H2,1-2H3. The first-order chi connectivity index (χ1) is 9.38. The number of hydrogen-bond donors (Lipinski definition) is 0. The molecule has 7 nitrogen and oxygen atoms in total. The van der Waals surface area contributed by atoms with Crippen molar-refractivity contribution < 1.29 is 13.2 Å². The molecule has 2 rings (SSSR count). The summed E-state index contributed by atoms with van der Waals surface area (Å²) < 4.78 is 24.3. The molecule has 0 radical (unpaired) electrons. The van der Waals surface area contributed by atoms with E-state index < -0.39 is 10.0 Å². The summed E-state index contributed by atoms with van der Waals surface area (Å²) in [5.74, 6) is -0.0345. The van der Waals surface area contributed by atoms with Crippen molar-refractivity contribution in [2.75, 3.05) is 50.9 Å². The van der Waals surface area contributed by atoms with Crippen molar-refractivity contribution in [3.8, 4) is 0 Å². The van der Waals surface area contributed by atoms with Gasteiger partial charge in [-0.05, 0) is 0 Å². The highest BCUT2D eigenvalue weighted by molar-refractivity contribution is 7.88. The van der Waals surface area contributed by atoms with Gasteiger partial charge in [-0.1, -0.05) is 0 Å². The zero-order chi connectivity index (χ0) is 14.8. The van der Waals surface area contributed by atoms with Crippen molar-refractivity contribution in [3.05, 3.63) is 11.6 Å². The van der Waals surface area contributed by atoms with Crippen LogP contribution < -0.4 is 4.90 Å². The predicted molar refractivity (Wildman–Crippen MR) is 78.4 cm³/mol. The van der Waals surface area contributed by atoms with E-state index in [1.54, 1.807) is 13.2 Å². The molecular weight excluding hydrogens is 300 g/mol. The van der Waals surface area contributed by atoms with Gasteiger partial charge in [0, 0.05) is 44.8 Å². The Hall–Kier alpha value is -1.03. The summed E-state index contributed by atoms with van der Waals surface area (Å²) in [6.07, 6.45) is 2.87. The molecular formula is C11H18N4O3S2. The van der Waals surface area contributed by atoms with Gasteiger partial charge in [0.25, 0.3) is 0 Å². The molecule has 1 saturated heterocycles. The molecule has 1 aromatic rings. The van der Waals surface area contributed by atoms with Crippen LogP contribution in [0, 0.1) is 0 Å². The molecule has 1 aliphatic rings. The Kier molecular flexibility index (Phi) is 4.74. The Labute approximate surface area is 122 Å². The monoisotopic (exact) mass is 318 g/mol. The fourth-order valence-electron chi connectivity index (χ4n) is 2.00. The van der Waals surface area contributed by atoms with E-state index in [0.29, 0.717) is 31.3 Å². The van der Waals surface area contributed by atoms with Gasteiger partial charge >= 0.3 is 0 Å². The second-order valence-corrected chi connectivity index (χ2v) is 7.56. The Morgan fingerprint density at radius 1 is 1.40 bits per heavy atom. The lowest BCUT2D eigenvalue weighted by molar-refractivity contribution is -0.119. The van der Waals surface area contributed by atoms with Crippen molar-refractivity contribution in [1.29, 1.82) is 0 Å². The predicted octanol–water partition coefficient (Wildman–Crippen LogP) is -0.317. The summed E-state index contributed by atoms with van der Waals surface area (Å²) >= 11 is 1.41. The molecule has 1 aliphatic heterocycles. The van der Waals surface area contributed by atoms with Crippen LogP contribution in [0.15, 0.2) is 11.6 Å². The fourth-order valence-corrected chi connectivity index (χ4v) is 3.46. The van der Waals surface area contributed by atoms with Gasteiger partial charge in [-0.3, -0.25) is 14.6 Å². The molecule has 0 saturated carbocycles. The van der Waals surface area contributed by atoms with Crippen LogP contribution in [0.5, 0.6) is 0 Å². The van der Waals surface area contributed by atoms with Crippen LogP contribution in [0.25, 0.3) is 0 Å². The molecule has 0 bridgehead atoms. The molecule has 1 aromatic heterocycles. The maximum absolute atomic E-state index is 12.1. The van der Waals surface area contributed by atoms with Gasteiger partial charge in [0.2, 0.25) is 15.9 Å². The summed E-state index contributed by atoms with van der Waals surface area (Å²) in [5.41, 5.74) is 0. The van der Waals surface area contributed by atoms with Crippen molar-refractivity contribution >= 4 is 32.4 Å². The zero-order valence-corrected chi connectivity index (χ0v) is 13.2. The quantitative estimate of drug-likeness (QED) is 0.761. The van der Waals surface area contributed by atoms with Crippen LogP contribution in [-0.4, -0.2) is 74.5 Å². The number of thiazole rings is 1. The second-order valence-electron chi connectivity index (χ2n) is 4.71. The smallest absolute Gasteiger partial charge is 0.242 e. The molecule has 0 spiro atoms. The number of hydrogen-bond acceptors (Lipinski definition) is 6. The number of carbonyl (C=O) groups is 1. The number of piperazine rings is 1. The highest BCUT2D eigenvalue weighted by Gasteiger charge is 2.25. The molecule has 20 heavy (non-hydrogen) atoms. The number of aromatic nitrogens is 1. The zero-order valence-electron chi connectivity index (χ0n) is 11.5.